The van der Waals surface area contributed by atoms with Gasteiger partial charge in [-0.3, -0.25) is 14.9 Å². The summed E-state index contributed by atoms with van der Waals surface area (Å²) < 4.78 is 52.0. The number of nitro groups is 1. The Labute approximate surface area is 154 Å². The zero-order valence-electron chi connectivity index (χ0n) is 13.6. The molecule has 144 valence electrons. The summed E-state index contributed by atoms with van der Waals surface area (Å²) in [7, 11) is 0. The quantitative estimate of drug-likeness (QED) is 0.444. The molecule has 6 nitrogen and oxygen atoms in total. The average molecular weight is 404 g/mol. The van der Waals surface area contributed by atoms with Gasteiger partial charge in [-0.1, -0.05) is 11.8 Å². The maximum absolute atomic E-state index is 14.1. The number of carbonyl (C=O) groups excluding carboxylic acids is 1. The van der Waals surface area contributed by atoms with Gasteiger partial charge in [-0.25, -0.2) is 4.39 Å². The lowest BCUT2D eigenvalue weighted by Gasteiger charge is -2.25. The van der Waals surface area contributed by atoms with Crippen LogP contribution < -0.4 is 5.32 Å². The summed E-state index contributed by atoms with van der Waals surface area (Å²) in [6.45, 7) is 0.263. The highest BCUT2D eigenvalue weighted by Crippen LogP contribution is 2.33. The summed E-state index contributed by atoms with van der Waals surface area (Å²) in [5.74, 6) is -2.82. The number of benzene rings is 2. The molecular weight excluding hydrogens is 392 g/mol. The molecule has 0 fully saturated rings. The van der Waals surface area contributed by atoms with Crippen LogP contribution in [-0.4, -0.2) is 27.7 Å². The smallest absolute Gasteiger partial charge is 0.373 e. The summed E-state index contributed by atoms with van der Waals surface area (Å²) in [6.07, 6.45) is -5.22. The van der Waals surface area contributed by atoms with Crippen molar-refractivity contribution in [1.82, 2.24) is 0 Å². The Balaban J connectivity index is 2.13. The van der Waals surface area contributed by atoms with E-state index in [9.17, 15) is 37.6 Å². The van der Waals surface area contributed by atoms with Crippen LogP contribution in [0.5, 0.6) is 0 Å². The van der Waals surface area contributed by atoms with Crippen LogP contribution in [-0.2, 0) is 4.79 Å². The van der Waals surface area contributed by atoms with E-state index in [1.807, 2.05) is 0 Å². The average Bonchev–Trinajstić information content (AvgIpc) is 2.56. The van der Waals surface area contributed by atoms with Gasteiger partial charge < -0.3 is 10.4 Å². The molecule has 2 aromatic rings. The number of rotatable bonds is 5. The zero-order valence-corrected chi connectivity index (χ0v) is 14.4. The molecule has 0 radical (unpaired) electrons. The minimum absolute atomic E-state index is 0.111. The summed E-state index contributed by atoms with van der Waals surface area (Å²) in [5.41, 5.74) is -4.32. The van der Waals surface area contributed by atoms with Crippen LogP contribution in [0.2, 0.25) is 0 Å². The van der Waals surface area contributed by atoms with Crippen molar-refractivity contribution in [3.63, 3.8) is 0 Å². The fraction of sp³-hybridized carbons (Fsp3) is 0.188. The predicted octanol–water partition coefficient (Wildman–Crippen LogP) is 4.14. The van der Waals surface area contributed by atoms with Crippen molar-refractivity contribution in [3.05, 3.63) is 58.4 Å². The van der Waals surface area contributed by atoms with Gasteiger partial charge in [0.2, 0.25) is 5.60 Å². The van der Waals surface area contributed by atoms with Gasteiger partial charge in [0.05, 0.1) is 10.6 Å². The van der Waals surface area contributed by atoms with Gasteiger partial charge in [0.25, 0.3) is 11.6 Å². The number of alkyl halides is 3. The lowest BCUT2D eigenvalue weighted by molar-refractivity contribution is -0.384. The van der Waals surface area contributed by atoms with Crippen molar-refractivity contribution in [3.8, 4) is 0 Å². The normalized spacial score (nSPS) is 13.7. The molecule has 0 heterocycles. The molecule has 2 rings (SSSR count). The fourth-order valence-electron chi connectivity index (χ4n) is 1.81. The number of hydrogen-bond donors (Lipinski definition) is 2. The van der Waals surface area contributed by atoms with Gasteiger partial charge >= 0.3 is 6.18 Å². The number of carbonyl (C=O) groups is 1. The Kier molecular flexibility index (Phi) is 5.76. The molecule has 1 amide bonds. The van der Waals surface area contributed by atoms with Crippen LogP contribution in [0.15, 0.2) is 52.3 Å². The number of nitrogens with zero attached hydrogens (tertiary/aromatic N) is 1. The summed E-state index contributed by atoms with van der Waals surface area (Å²) >= 11 is 1.05. The SMILES string of the molecule is C[C@@](O)(C(=O)Nc1ccc(Sc2ccc([N+](=O)[O-])cc2)cc1F)C(F)(F)F. The van der Waals surface area contributed by atoms with Crippen molar-refractivity contribution in [2.45, 2.75) is 28.5 Å². The highest BCUT2D eigenvalue weighted by atomic mass is 32.2. The zero-order chi connectivity index (χ0) is 20.4. The van der Waals surface area contributed by atoms with Gasteiger partial charge in [-0.05, 0) is 37.3 Å². The largest absolute Gasteiger partial charge is 0.426 e. The van der Waals surface area contributed by atoms with Crippen LogP contribution >= 0.6 is 11.8 Å². The second-order valence-corrected chi connectivity index (χ2v) is 6.67. The van der Waals surface area contributed by atoms with E-state index >= 15 is 0 Å². The van der Waals surface area contributed by atoms with Gasteiger partial charge in [0.15, 0.2) is 0 Å². The molecule has 0 spiro atoms. The molecule has 0 unspecified atom stereocenters. The van der Waals surface area contributed by atoms with E-state index < -0.39 is 34.1 Å². The molecule has 0 aliphatic carbocycles. The third-order valence-corrected chi connectivity index (χ3v) is 4.46. The lowest BCUT2D eigenvalue weighted by Crippen LogP contribution is -2.52. The van der Waals surface area contributed by atoms with Crippen LogP contribution in [0.1, 0.15) is 6.92 Å². The topological polar surface area (TPSA) is 92.5 Å². The first-order valence-corrected chi connectivity index (χ1v) is 8.06. The Morgan fingerprint density at radius 2 is 1.70 bits per heavy atom. The third-order valence-electron chi connectivity index (χ3n) is 3.47. The van der Waals surface area contributed by atoms with Crippen molar-refractivity contribution in [2.75, 3.05) is 5.32 Å². The highest BCUT2D eigenvalue weighted by Gasteiger charge is 2.55. The number of anilines is 1. The maximum atomic E-state index is 14.1. The number of hydrogen-bond acceptors (Lipinski definition) is 5. The standard InChI is InChI=1S/C16H12F4N2O4S/c1-15(24,16(18,19)20)14(23)21-13-7-6-11(8-12(13)17)27-10-4-2-9(3-5-10)22(25)26/h2-8,24H,1H3,(H,21,23)/t15-/m1/s1. The molecule has 0 aliphatic rings. The highest BCUT2D eigenvalue weighted by molar-refractivity contribution is 7.99. The first-order valence-electron chi connectivity index (χ1n) is 7.24. The van der Waals surface area contributed by atoms with Gasteiger partial charge in [0.1, 0.15) is 5.82 Å². The van der Waals surface area contributed by atoms with Crippen molar-refractivity contribution >= 4 is 29.0 Å². The molecule has 0 aliphatic heterocycles. The molecule has 0 saturated heterocycles. The third kappa shape index (κ3) is 4.74. The Morgan fingerprint density at radius 3 is 2.19 bits per heavy atom. The van der Waals surface area contributed by atoms with Gasteiger partial charge in [-0.2, -0.15) is 13.2 Å². The minimum atomic E-state index is -5.22. The van der Waals surface area contributed by atoms with Crippen molar-refractivity contribution in [2.24, 2.45) is 0 Å². The molecule has 1 atom stereocenters. The summed E-state index contributed by atoms with van der Waals surface area (Å²) in [5, 5.41) is 21.6. The first kappa shape index (κ1) is 20.6. The summed E-state index contributed by atoms with van der Waals surface area (Å²) in [6, 6.07) is 8.82. The number of non-ortho nitro benzene ring substituents is 1. The van der Waals surface area contributed by atoms with E-state index in [2.05, 4.69) is 0 Å². The molecule has 0 saturated carbocycles. The van der Waals surface area contributed by atoms with Crippen molar-refractivity contribution in [1.29, 1.82) is 0 Å². The van der Waals surface area contributed by atoms with E-state index in [1.165, 1.54) is 30.3 Å². The van der Waals surface area contributed by atoms with E-state index in [0.29, 0.717) is 9.79 Å². The Hall–Kier alpha value is -2.66. The number of aliphatic hydroxyl groups is 1. The second-order valence-electron chi connectivity index (χ2n) is 5.52. The molecule has 2 aromatic carbocycles. The van der Waals surface area contributed by atoms with Crippen LogP contribution in [0.25, 0.3) is 0 Å². The fourth-order valence-corrected chi connectivity index (χ4v) is 2.65. The number of halogens is 4. The van der Waals surface area contributed by atoms with Gasteiger partial charge in [-0.15, -0.1) is 0 Å². The van der Waals surface area contributed by atoms with Gasteiger partial charge in [0, 0.05) is 21.9 Å². The van der Waals surface area contributed by atoms with E-state index in [4.69, 9.17) is 0 Å². The first-order chi connectivity index (χ1) is 12.4. The van der Waals surface area contributed by atoms with E-state index in [-0.39, 0.29) is 12.6 Å². The maximum Gasteiger partial charge on any atom is 0.426 e. The number of nitrogens with one attached hydrogen (secondary N) is 1. The Morgan fingerprint density at radius 1 is 1.15 bits per heavy atom. The van der Waals surface area contributed by atoms with E-state index in [0.717, 1.165) is 23.9 Å². The molecule has 2 N–H and O–H groups in total. The predicted molar refractivity (Wildman–Crippen MR) is 88.9 cm³/mol. The molecule has 27 heavy (non-hydrogen) atoms. The number of nitro benzene ring substituents is 1. The van der Waals surface area contributed by atoms with E-state index in [1.54, 1.807) is 5.32 Å². The lowest BCUT2D eigenvalue weighted by atomic mass is 10.1. The molecule has 0 aromatic heterocycles. The second kappa shape index (κ2) is 7.53. The number of amides is 1. The van der Waals surface area contributed by atoms with Crippen LogP contribution in [0, 0.1) is 15.9 Å². The van der Waals surface area contributed by atoms with Crippen LogP contribution in [0.3, 0.4) is 0 Å². The van der Waals surface area contributed by atoms with Crippen LogP contribution in [0.4, 0.5) is 28.9 Å². The minimum Gasteiger partial charge on any atom is -0.373 e. The van der Waals surface area contributed by atoms with Crippen molar-refractivity contribution < 1.29 is 32.4 Å². The monoisotopic (exact) mass is 404 g/mol. The molecular formula is C16H12F4N2O4S. The Bertz CT molecular complexity index is 870. The molecule has 11 heteroatoms. The summed E-state index contributed by atoms with van der Waals surface area (Å²) in [4.78, 5) is 22.5. The molecule has 0 bridgehead atoms.